The molecule has 1 amide bonds. The number of aromatic nitrogens is 4. The molecule has 0 radical (unpaired) electrons. The van der Waals surface area contributed by atoms with E-state index in [2.05, 4.69) is 49.1 Å². The average molecular weight is 613 g/mol. The van der Waals surface area contributed by atoms with E-state index in [1.807, 2.05) is 38.1 Å². The number of nitrogens with zero attached hydrogens (tertiary/aromatic N) is 5. The molecule has 232 valence electrons. The number of aliphatic hydroxyl groups is 2. The topological polar surface area (TPSA) is 190 Å². The summed E-state index contributed by atoms with van der Waals surface area (Å²) in [4.78, 5) is 37.0. The molecule has 3 aromatic carbocycles. The number of carbonyl (C=O) groups excluding carboxylic acids is 1. The Hall–Kier alpha value is -5.18. The Morgan fingerprint density at radius 2 is 1.87 bits per heavy atom. The number of amides is 1. The van der Waals surface area contributed by atoms with Gasteiger partial charge in [-0.3, -0.25) is 19.5 Å². The van der Waals surface area contributed by atoms with E-state index in [1.165, 1.54) is 35.4 Å². The second-order valence-electron chi connectivity index (χ2n) is 11.1. The summed E-state index contributed by atoms with van der Waals surface area (Å²) in [6.07, 6.45) is -1.89. The quantitative estimate of drug-likeness (QED) is 0.115. The predicted molar refractivity (Wildman–Crippen MR) is 167 cm³/mol. The maximum Gasteiger partial charge on any atom is 0.293 e. The molecule has 6 rings (SSSR count). The minimum atomic E-state index is -1.35. The Morgan fingerprint density at radius 1 is 1.07 bits per heavy atom. The molecule has 0 aliphatic carbocycles. The third-order valence-corrected chi connectivity index (χ3v) is 7.66. The molecule has 4 atom stereocenters. The van der Waals surface area contributed by atoms with Gasteiger partial charge in [-0.1, -0.05) is 42.5 Å². The first-order chi connectivity index (χ1) is 21.7. The van der Waals surface area contributed by atoms with Gasteiger partial charge in [0, 0.05) is 30.8 Å². The van der Waals surface area contributed by atoms with Crippen molar-refractivity contribution < 1.29 is 24.7 Å². The number of benzene rings is 3. The smallest absolute Gasteiger partial charge is 0.293 e. The van der Waals surface area contributed by atoms with E-state index in [0.717, 1.165) is 16.3 Å². The Balaban J connectivity index is 1.14. The van der Waals surface area contributed by atoms with Crippen LogP contribution in [0.2, 0.25) is 0 Å². The maximum absolute atomic E-state index is 12.9. The largest absolute Gasteiger partial charge is 0.387 e. The van der Waals surface area contributed by atoms with Gasteiger partial charge in [-0.2, -0.15) is 0 Å². The first kappa shape index (κ1) is 29.9. The molecule has 0 saturated carbocycles. The van der Waals surface area contributed by atoms with Crippen molar-refractivity contribution in [1.29, 1.82) is 0 Å². The van der Waals surface area contributed by atoms with E-state index in [0.29, 0.717) is 29.2 Å². The molecular weight excluding hydrogens is 580 g/mol. The first-order valence-electron chi connectivity index (χ1n) is 14.4. The van der Waals surface area contributed by atoms with Gasteiger partial charge in [-0.25, -0.2) is 15.0 Å². The van der Waals surface area contributed by atoms with Crippen LogP contribution in [0, 0.1) is 10.1 Å². The minimum absolute atomic E-state index is 0.0410. The predicted octanol–water partition coefficient (Wildman–Crippen LogP) is 3.37. The van der Waals surface area contributed by atoms with E-state index in [9.17, 15) is 25.1 Å². The second-order valence-corrected chi connectivity index (χ2v) is 11.1. The van der Waals surface area contributed by atoms with Gasteiger partial charge >= 0.3 is 0 Å². The van der Waals surface area contributed by atoms with Gasteiger partial charge in [-0.05, 0) is 42.3 Å². The molecule has 0 unspecified atom stereocenters. The van der Waals surface area contributed by atoms with Gasteiger partial charge in [0.25, 0.3) is 11.6 Å². The van der Waals surface area contributed by atoms with Crippen LogP contribution < -0.4 is 16.0 Å². The van der Waals surface area contributed by atoms with Crippen LogP contribution in [0.5, 0.6) is 0 Å². The van der Waals surface area contributed by atoms with Crippen LogP contribution in [0.1, 0.15) is 36.0 Å². The van der Waals surface area contributed by atoms with Gasteiger partial charge in [0.2, 0.25) is 0 Å². The lowest BCUT2D eigenvalue weighted by Gasteiger charge is -2.17. The van der Waals surface area contributed by atoms with Crippen LogP contribution >= 0.6 is 0 Å². The van der Waals surface area contributed by atoms with Gasteiger partial charge in [-0.15, -0.1) is 0 Å². The number of rotatable bonds is 10. The number of aliphatic hydroxyl groups excluding tert-OH is 2. The van der Waals surface area contributed by atoms with Crippen molar-refractivity contribution in [2.45, 2.75) is 51.0 Å². The molecule has 14 heteroatoms. The molecule has 2 aromatic heterocycles. The lowest BCUT2D eigenvalue weighted by Crippen LogP contribution is -2.39. The molecular formula is C31H32N8O6. The number of imidazole rings is 1. The lowest BCUT2D eigenvalue weighted by atomic mass is 10.0. The monoisotopic (exact) mass is 612 g/mol. The summed E-state index contributed by atoms with van der Waals surface area (Å²) in [6, 6.07) is 18.3. The fourth-order valence-corrected chi connectivity index (χ4v) is 5.47. The molecule has 5 N–H and O–H groups in total. The number of nitro benzene ring substituents is 1. The molecule has 0 bridgehead atoms. The number of nitro groups is 1. The highest BCUT2D eigenvalue weighted by Gasteiger charge is 2.44. The molecule has 3 heterocycles. The zero-order chi connectivity index (χ0) is 31.7. The molecule has 1 aliphatic rings. The van der Waals surface area contributed by atoms with Crippen molar-refractivity contribution in [3.8, 4) is 0 Å². The summed E-state index contributed by atoms with van der Waals surface area (Å²) in [6.45, 7) is 4.03. The SMILES string of the molecule is CC(C)Nc1ccc(C(=O)NC[C@H]2O[C@@H](n3cnc4c(NCc5cccc6ccccc56)ncnc43)[C@H](O)[C@@H]2O)cc1[N+](=O)[O-]. The Morgan fingerprint density at radius 3 is 2.67 bits per heavy atom. The summed E-state index contributed by atoms with van der Waals surface area (Å²) in [5, 5.41) is 44.4. The van der Waals surface area contributed by atoms with Crippen LogP contribution in [0.3, 0.4) is 0 Å². The maximum atomic E-state index is 12.9. The number of fused-ring (bicyclic) bond motifs is 2. The normalized spacial score (nSPS) is 19.7. The Bertz CT molecular complexity index is 1870. The highest BCUT2D eigenvalue weighted by molar-refractivity contribution is 5.95. The number of nitrogens with one attached hydrogen (secondary N) is 3. The number of carbonyl (C=O) groups is 1. The lowest BCUT2D eigenvalue weighted by molar-refractivity contribution is -0.384. The van der Waals surface area contributed by atoms with Crippen LogP contribution in [0.15, 0.2) is 73.3 Å². The zero-order valence-electron chi connectivity index (χ0n) is 24.5. The third kappa shape index (κ3) is 5.98. The third-order valence-electron chi connectivity index (χ3n) is 7.66. The minimum Gasteiger partial charge on any atom is -0.387 e. The summed E-state index contributed by atoms with van der Waals surface area (Å²) >= 11 is 0. The van der Waals surface area contributed by atoms with Crippen LogP contribution in [-0.4, -0.2) is 71.5 Å². The van der Waals surface area contributed by atoms with Crippen LogP contribution in [0.25, 0.3) is 21.9 Å². The Kier molecular flexibility index (Phi) is 8.26. The van der Waals surface area contributed by atoms with Gasteiger partial charge < -0.3 is 30.9 Å². The molecule has 1 saturated heterocycles. The number of hydrogen-bond donors (Lipinski definition) is 5. The number of anilines is 2. The van der Waals surface area contributed by atoms with E-state index in [1.54, 1.807) is 0 Å². The number of ether oxygens (including phenoxy) is 1. The fraction of sp³-hybridized carbons (Fsp3) is 0.290. The molecule has 14 nitrogen and oxygen atoms in total. The molecule has 0 spiro atoms. The summed E-state index contributed by atoms with van der Waals surface area (Å²) < 4.78 is 7.49. The van der Waals surface area contributed by atoms with E-state index in [4.69, 9.17) is 4.74 Å². The molecule has 1 fully saturated rings. The van der Waals surface area contributed by atoms with Crippen molar-refractivity contribution in [3.63, 3.8) is 0 Å². The summed E-state index contributed by atoms with van der Waals surface area (Å²) in [7, 11) is 0. The van der Waals surface area contributed by atoms with Gasteiger partial charge in [0.1, 0.15) is 30.3 Å². The van der Waals surface area contributed by atoms with Crippen LogP contribution in [-0.2, 0) is 11.3 Å². The van der Waals surface area contributed by atoms with E-state index in [-0.39, 0.29) is 23.8 Å². The summed E-state index contributed by atoms with van der Waals surface area (Å²) in [5.41, 5.74) is 2.06. The van der Waals surface area contributed by atoms with E-state index < -0.39 is 35.4 Å². The highest BCUT2D eigenvalue weighted by atomic mass is 16.6. The highest BCUT2D eigenvalue weighted by Crippen LogP contribution is 2.33. The van der Waals surface area contributed by atoms with Gasteiger partial charge in [0.15, 0.2) is 23.2 Å². The second kappa shape index (κ2) is 12.4. The number of hydrogen-bond acceptors (Lipinski definition) is 11. The van der Waals surface area contributed by atoms with Crippen molar-refractivity contribution in [3.05, 3.63) is 94.6 Å². The van der Waals surface area contributed by atoms with Gasteiger partial charge in [0.05, 0.1) is 11.3 Å². The first-order valence-corrected chi connectivity index (χ1v) is 14.4. The van der Waals surface area contributed by atoms with Crippen molar-refractivity contribution in [2.24, 2.45) is 0 Å². The summed E-state index contributed by atoms with van der Waals surface area (Å²) in [5.74, 6) is -0.0992. The van der Waals surface area contributed by atoms with Crippen LogP contribution in [0.4, 0.5) is 17.2 Å². The Labute approximate surface area is 257 Å². The van der Waals surface area contributed by atoms with Crippen molar-refractivity contribution in [1.82, 2.24) is 24.8 Å². The van der Waals surface area contributed by atoms with Crippen molar-refractivity contribution in [2.75, 3.05) is 17.2 Å². The molecule has 45 heavy (non-hydrogen) atoms. The standard InChI is InChI=1S/C31H32N8O6/c1-17(2)37-22-11-10-19(12-23(22)39(43)44)30(42)33-14-24-26(40)27(41)31(45-24)38-16-36-25-28(34-15-35-29(25)38)32-13-20-8-5-7-18-6-3-4-9-21(18)20/h3-12,15-17,24,26-27,31,37,40-41H,13-14H2,1-2H3,(H,33,42)(H,32,34,35)/t24-,26-,27-,31-/m1/s1. The van der Waals surface area contributed by atoms with Crippen molar-refractivity contribution >= 4 is 45.0 Å². The molecule has 5 aromatic rings. The fourth-order valence-electron chi connectivity index (χ4n) is 5.47. The average Bonchev–Trinajstić information content (AvgIpc) is 3.59. The zero-order valence-corrected chi connectivity index (χ0v) is 24.5. The molecule has 1 aliphatic heterocycles. The van der Waals surface area contributed by atoms with E-state index >= 15 is 0 Å².